The molecule has 82 valence electrons. The number of rotatable bonds is 2. The first-order valence-electron chi connectivity index (χ1n) is 4.56. The van der Waals surface area contributed by atoms with Gasteiger partial charge in [-0.05, 0) is 24.5 Å². The Kier molecular flexibility index (Phi) is 2.70. The van der Waals surface area contributed by atoms with Crippen LogP contribution in [0.25, 0.3) is 10.9 Å². The molecular weight excluding hydrogens is 226 g/mol. The van der Waals surface area contributed by atoms with Crippen LogP contribution in [0.15, 0.2) is 34.1 Å². The minimum Gasteiger partial charge on any atom is -0.477 e. The number of aromatic carboxylic acids is 1. The Hall–Kier alpha value is -1.75. The molecule has 2 N–H and O–H groups in total. The van der Waals surface area contributed by atoms with Crippen molar-refractivity contribution in [2.75, 3.05) is 6.26 Å². The van der Waals surface area contributed by atoms with Crippen LogP contribution in [0.3, 0.4) is 0 Å². The molecule has 16 heavy (non-hydrogen) atoms. The predicted molar refractivity (Wildman–Crippen MR) is 63.3 cm³/mol. The van der Waals surface area contributed by atoms with Crippen LogP contribution in [0.4, 0.5) is 0 Å². The largest absolute Gasteiger partial charge is 0.477 e. The normalized spacial score (nSPS) is 10.6. The molecule has 2 rings (SSSR count). The van der Waals surface area contributed by atoms with E-state index in [1.807, 2.05) is 12.3 Å². The van der Waals surface area contributed by atoms with Crippen molar-refractivity contribution < 1.29 is 9.90 Å². The predicted octanol–water partition coefficient (Wildman–Crippen LogP) is 1.95. The maximum absolute atomic E-state index is 11.8. The number of carboxylic acid groups (broad SMARTS) is 1. The van der Waals surface area contributed by atoms with Crippen molar-refractivity contribution in [1.29, 1.82) is 0 Å². The molecule has 1 heterocycles. The first-order valence-corrected chi connectivity index (χ1v) is 5.78. The molecule has 0 aliphatic heterocycles. The highest BCUT2D eigenvalue weighted by Crippen LogP contribution is 2.18. The van der Waals surface area contributed by atoms with Crippen molar-refractivity contribution in [1.82, 2.24) is 4.98 Å². The fraction of sp³-hybridized carbons (Fsp3) is 0.0909. The number of fused-ring (bicyclic) bond motifs is 1. The first kappa shape index (κ1) is 10.8. The van der Waals surface area contributed by atoms with E-state index in [4.69, 9.17) is 5.11 Å². The Morgan fingerprint density at radius 3 is 2.81 bits per heavy atom. The second-order valence-corrected chi connectivity index (χ2v) is 4.13. The highest BCUT2D eigenvalue weighted by Gasteiger charge is 2.11. The van der Waals surface area contributed by atoms with Crippen LogP contribution in [-0.4, -0.2) is 22.3 Å². The molecule has 0 atom stereocenters. The molecule has 0 unspecified atom stereocenters. The van der Waals surface area contributed by atoms with Gasteiger partial charge >= 0.3 is 5.97 Å². The Morgan fingerprint density at radius 1 is 1.44 bits per heavy atom. The lowest BCUT2D eigenvalue weighted by Gasteiger charge is -2.01. The fourth-order valence-electron chi connectivity index (χ4n) is 1.49. The SMILES string of the molecule is CSc1ccc2c(=O)c(C(=O)O)c[nH]c2c1. The van der Waals surface area contributed by atoms with Gasteiger partial charge in [0, 0.05) is 16.5 Å². The minimum atomic E-state index is -1.21. The van der Waals surface area contributed by atoms with Crippen molar-refractivity contribution in [2.24, 2.45) is 0 Å². The van der Waals surface area contributed by atoms with Crippen LogP contribution in [0.1, 0.15) is 10.4 Å². The highest BCUT2D eigenvalue weighted by atomic mass is 32.2. The summed E-state index contributed by atoms with van der Waals surface area (Å²) in [5.74, 6) is -1.21. The fourth-order valence-corrected chi connectivity index (χ4v) is 1.93. The quantitative estimate of drug-likeness (QED) is 0.780. The lowest BCUT2D eigenvalue weighted by atomic mass is 10.1. The third-order valence-corrected chi connectivity index (χ3v) is 3.04. The van der Waals surface area contributed by atoms with Gasteiger partial charge in [0.2, 0.25) is 5.43 Å². The molecule has 0 aliphatic carbocycles. The van der Waals surface area contributed by atoms with E-state index < -0.39 is 11.4 Å². The Morgan fingerprint density at radius 2 is 2.19 bits per heavy atom. The summed E-state index contributed by atoms with van der Waals surface area (Å²) in [6.07, 6.45) is 3.17. The van der Waals surface area contributed by atoms with Gasteiger partial charge in [-0.15, -0.1) is 11.8 Å². The maximum Gasteiger partial charge on any atom is 0.341 e. The number of H-pyrrole nitrogens is 1. The number of thioether (sulfide) groups is 1. The van der Waals surface area contributed by atoms with E-state index in [2.05, 4.69) is 4.98 Å². The summed E-state index contributed by atoms with van der Waals surface area (Å²) in [5, 5.41) is 9.20. The third-order valence-electron chi connectivity index (χ3n) is 2.32. The van der Waals surface area contributed by atoms with Crippen LogP contribution in [0, 0.1) is 0 Å². The van der Waals surface area contributed by atoms with Crippen molar-refractivity contribution in [3.8, 4) is 0 Å². The Balaban J connectivity index is 2.77. The van der Waals surface area contributed by atoms with E-state index in [1.54, 1.807) is 23.9 Å². The zero-order valence-electron chi connectivity index (χ0n) is 8.48. The summed E-state index contributed by atoms with van der Waals surface area (Å²) in [7, 11) is 0. The van der Waals surface area contributed by atoms with Gasteiger partial charge < -0.3 is 10.1 Å². The summed E-state index contributed by atoms with van der Waals surface area (Å²) >= 11 is 1.56. The molecule has 0 spiro atoms. The van der Waals surface area contributed by atoms with Gasteiger partial charge in [0.15, 0.2) is 0 Å². The zero-order valence-corrected chi connectivity index (χ0v) is 9.30. The number of aromatic amines is 1. The molecule has 4 nitrogen and oxygen atoms in total. The molecule has 0 aliphatic rings. The standard InChI is InChI=1S/C11H9NO3S/c1-16-6-2-3-7-9(4-6)12-5-8(10(7)13)11(14)15/h2-5H,1H3,(H,12,13)(H,14,15). The van der Waals surface area contributed by atoms with Gasteiger partial charge in [-0.1, -0.05) is 0 Å². The number of aromatic nitrogens is 1. The average Bonchev–Trinajstić information content (AvgIpc) is 2.28. The summed E-state index contributed by atoms with van der Waals surface area (Å²) in [6.45, 7) is 0. The molecule has 0 amide bonds. The molecule has 0 fully saturated rings. The number of hydrogen-bond donors (Lipinski definition) is 2. The number of carbonyl (C=O) groups is 1. The number of pyridine rings is 1. The summed E-state index contributed by atoms with van der Waals surface area (Å²) in [6, 6.07) is 5.27. The van der Waals surface area contributed by atoms with Gasteiger partial charge in [0.1, 0.15) is 5.56 Å². The average molecular weight is 235 g/mol. The second kappa shape index (κ2) is 4.02. The van der Waals surface area contributed by atoms with E-state index >= 15 is 0 Å². The van der Waals surface area contributed by atoms with Gasteiger partial charge in [-0.3, -0.25) is 4.79 Å². The highest BCUT2D eigenvalue weighted by molar-refractivity contribution is 7.98. The van der Waals surface area contributed by atoms with E-state index in [-0.39, 0.29) is 5.56 Å². The topological polar surface area (TPSA) is 70.2 Å². The summed E-state index contributed by atoms with van der Waals surface area (Å²) < 4.78 is 0. The second-order valence-electron chi connectivity index (χ2n) is 3.25. The zero-order chi connectivity index (χ0) is 11.7. The monoisotopic (exact) mass is 235 g/mol. The van der Waals surface area contributed by atoms with Crippen molar-refractivity contribution in [2.45, 2.75) is 4.90 Å². The van der Waals surface area contributed by atoms with Crippen LogP contribution < -0.4 is 5.43 Å². The van der Waals surface area contributed by atoms with Gasteiger partial charge in [-0.2, -0.15) is 0 Å². The molecule has 5 heteroatoms. The van der Waals surface area contributed by atoms with E-state index in [0.717, 1.165) is 4.90 Å². The molecule has 1 aromatic heterocycles. The lowest BCUT2D eigenvalue weighted by Crippen LogP contribution is -2.15. The van der Waals surface area contributed by atoms with Gasteiger partial charge in [-0.25, -0.2) is 4.79 Å². The van der Waals surface area contributed by atoms with E-state index in [9.17, 15) is 9.59 Å². The van der Waals surface area contributed by atoms with Crippen molar-refractivity contribution in [3.63, 3.8) is 0 Å². The third kappa shape index (κ3) is 1.69. The van der Waals surface area contributed by atoms with Crippen LogP contribution in [0.2, 0.25) is 0 Å². The molecule has 1 aromatic carbocycles. The molecule has 0 radical (unpaired) electrons. The van der Waals surface area contributed by atoms with Crippen molar-refractivity contribution >= 4 is 28.6 Å². The first-order chi connectivity index (χ1) is 7.63. The number of carboxylic acids is 1. The van der Waals surface area contributed by atoms with Crippen LogP contribution in [-0.2, 0) is 0 Å². The molecule has 0 saturated carbocycles. The van der Waals surface area contributed by atoms with Crippen molar-refractivity contribution in [3.05, 3.63) is 40.2 Å². The van der Waals surface area contributed by atoms with E-state index in [1.165, 1.54) is 6.20 Å². The molecule has 2 aromatic rings. The number of benzene rings is 1. The van der Waals surface area contributed by atoms with Crippen LogP contribution in [0.5, 0.6) is 0 Å². The Bertz CT molecular complexity index is 618. The minimum absolute atomic E-state index is 0.232. The number of nitrogens with one attached hydrogen (secondary N) is 1. The van der Waals surface area contributed by atoms with E-state index in [0.29, 0.717) is 10.9 Å². The summed E-state index contributed by atoms with van der Waals surface area (Å²) in [4.78, 5) is 26.4. The number of hydrogen-bond acceptors (Lipinski definition) is 3. The summed E-state index contributed by atoms with van der Waals surface area (Å²) in [5.41, 5.74) is -0.0276. The molecule has 0 bridgehead atoms. The lowest BCUT2D eigenvalue weighted by molar-refractivity contribution is 0.0695. The maximum atomic E-state index is 11.8. The smallest absolute Gasteiger partial charge is 0.341 e. The van der Waals surface area contributed by atoms with Gasteiger partial charge in [0.05, 0.1) is 5.52 Å². The van der Waals surface area contributed by atoms with Gasteiger partial charge in [0.25, 0.3) is 0 Å². The molecule has 0 saturated heterocycles. The Labute approximate surface area is 95.3 Å². The molecular formula is C11H9NO3S. The van der Waals surface area contributed by atoms with Crippen LogP contribution >= 0.6 is 11.8 Å².